The molecule has 1 aromatic carbocycles. The molecule has 0 spiro atoms. The van der Waals surface area contributed by atoms with Crippen molar-refractivity contribution in [2.45, 2.75) is 27.7 Å². The molecular formula is C14H22N2O. The van der Waals surface area contributed by atoms with E-state index in [0.29, 0.717) is 11.3 Å². The van der Waals surface area contributed by atoms with Crippen LogP contribution in [0.1, 0.15) is 38.1 Å². The van der Waals surface area contributed by atoms with Gasteiger partial charge in [-0.25, -0.2) is 0 Å². The van der Waals surface area contributed by atoms with E-state index in [1.165, 1.54) is 6.92 Å². The van der Waals surface area contributed by atoms with Crippen LogP contribution in [0, 0.1) is 5.41 Å². The summed E-state index contributed by atoms with van der Waals surface area (Å²) in [6, 6.07) is 5.60. The Labute approximate surface area is 104 Å². The number of nitrogens with two attached hydrogens (primary N) is 1. The summed E-state index contributed by atoms with van der Waals surface area (Å²) in [5.74, 6) is 0.00697. The van der Waals surface area contributed by atoms with Crippen molar-refractivity contribution in [3.63, 3.8) is 0 Å². The van der Waals surface area contributed by atoms with Crippen LogP contribution in [0.3, 0.4) is 0 Å². The van der Waals surface area contributed by atoms with E-state index in [9.17, 15) is 4.79 Å². The van der Waals surface area contributed by atoms with Gasteiger partial charge < -0.3 is 10.6 Å². The molecule has 3 heteroatoms. The molecule has 0 aromatic heterocycles. The molecule has 1 aromatic rings. The average Bonchev–Trinajstić information content (AvgIpc) is 2.14. The largest absolute Gasteiger partial charge is 0.398 e. The molecule has 0 radical (unpaired) electrons. The maximum Gasteiger partial charge on any atom is 0.161 e. The summed E-state index contributed by atoms with van der Waals surface area (Å²) < 4.78 is 0. The van der Waals surface area contributed by atoms with Gasteiger partial charge in [0.15, 0.2) is 5.78 Å². The number of rotatable bonds is 3. The van der Waals surface area contributed by atoms with E-state index >= 15 is 0 Å². The summed E-state index contributed by atoms with van der Waals surface area (Å²) in [6.07, 6.45) is 0. The summed E-state index contributed by atoms with van der Waals surface area (Å²) in [6.45, 7) is 9.04. The minimum absolute atomic E-state index is 0.00697. The Morgan fingerprint density at radius 3 is 2.35 bits per heavy atom. The lowest BCUT2D eigenvalue weighted by Crippen LogP contribution is -2.29. The lowest BCUT2D eigenvalue weighted by Gasteiger charge is -2.28. The minimum Gasteiger partial charge on any atom is -0.398 e. The van der Waals surface area contributed by atoms with Gasteiger partial charge in [-0.05, 0) is 30.5 Å². The molecule has 0 bridgehead atoms. The number of carbonyl (C=O) groups is 1. The van der Waals surface area contributed by atoms with E-state index < -0.39 is 0 Å². The van der Waals surface area contributed by atoms with Crippen molar-refractivity contribution in [1.29, 1.82) is 0 Å². The van der Waals surface area contributed by atoms with E-state index in [0.717, 1.165) is 12.2 Å². The maximum atomic E-state index is 11.3. The fraction of sp³-hybridized carbons (Fsp3) is 0.500. The lowest BCUT2D eigenvalue weighted by atomic mass is 9.96. The molecule has 3 nitrogen and oxygen atoms in total. The molecule has 0 aliphatic rings. The predicted octanol–water partition coefficient (Wildman–Crippen LogP) is 2.95. The molecule has 94 valence electrons. The topological polar surface area (TPSA) is 46.3 Å². The third-order valence-electron chi connectivity index (χ3n) is 2.57. The molecule has 0 aliphatic heterocycles. The van der Waals surface area contributed by atoms with Gasteiger partial charge in [-0.1, -0.05) is 20.8 Å². The molecule has 0 heterocycles. The van der Waals surface area contributed by atoms with Crippen molar-refractivity contribution >= 4 is 17.2 Å². The first-order chi connectivity index (χ1) is 7.70. The number of nitrogens with zero attached hydrogens (tertiary/aromatic N) is 1. The zero-order valence-corrected chi connectivity index (χ0v) is 11.4. The number of anilines is 2. The first kappa shape index (κ1) is 13.6. The minimum atomic E-state index is 0.00697. The van der Waals surface area contributed by atoms with Gasteiger partial charge in [0, 0.05) is 30.5 Å². The molecule has 0 atom stereocenters. The molecule has 17 heavy (non-hydrogen) atoms. The van der Waals surface area contributed by atoms with Gasteiger partial charge in [0.05, 0.1) is 0 Å². The quantitative estimate of drug-likeness (QED) is 0.646. The number of benzene rings is 1. The molecule has 1 rings (SSSR count). The van der Waals surface area contributed by atoms with Gasteiger partial charge in [0.25, 0.3) is 0 Å². The van der Waals surface area contributed by atoms with E-state index in [1.807, 2.05) is 19.2 Å². The average molecular weight is 234 g/mol. The highest BCUT2D eigenvalue weighted by atomic mass is 16.1. The number of hydrogen-bond acceptors (Lipinski definition) is 3. The molecule has 2 N–H and O–H groups in total. The van der Waals surface area contributed by atoms with Crippen LogP contribution in [0.2, 0.25) is 0 Å². The second-order valence-corrected chi connectivity index (χ2v) is 5.74. The number of nitrogen functional groups attached to an aromatic ring is 1. The Hall–Kier alpha value is -1.51. The molecule has 0 saturated heterocycles. The van der Waals surface area contributed by atoms with E-state index in [1.54, 1.807) is 6.07 Å². The van der Waals surface area contributed by atoms with Crippen molar-refractivity contribution in [2.24, 2.45) is 5.41 Å². The SMILES string of the molecule is CC(=O)c1ccc(N(C)CC(C)(C)C)cc1N. The summed E-state index contributed by atoms with van der Waals surface area (Å²) in [7, 11) is 2.04. The highest BCUT2D eigenvalue weighted by Crippen LogP contribution is 2.24. The van der Waals surface area contributed by atoms with Crippen LogP contribution < -0.4 is 10.6 Å². The van der Waals surface area contributed by atoms with Crippen LogP contribution >= 0.6 is 0 Å². The zero-order chi connectivity index (χ0) is 13.2. The van der Waals surface area contributed by atoms with Crippen molar-refractivity contribution in [2.75, 3.05) is 24.2 Å². The molecule has 0 amide bonds. The number of carbonyl (C=O) groups excluding carboxylic acids is 1. The first-order valence-electron chi connectivity index (χ1n) is 5.82. The Bertz CT molecular complexity index is 419. The fourth-order valence-electron chi connectivity index (χ4n) is 1.91. The maximum absolute atomic E-state index is 11.3. The highest BCUT2D eigenvalue weighted by molar-refractivity contribution is 5.99. The second-order valence-electron chi connectivity index (χ2n) is 5.74. The van der Waals surface area contributed by atoms with Crippen LogP contribution in [0.4, 0.5) is 11.4 Å². The Balaban J connectivity index is 2.94. The zero-order valence-electron chi connectivity index (χ0n) is 11.4. The molecule has 0 fully saturated rings. The molecular weight excluding hydrogens is 212 g/mol. The van der Waals surface area contributed by atoms with Gasteiger partial charge in [0.2, 0.25) is 0 Å². The van der Waals surface area contributed by atoms with Gasteiger partial charge in [0.1, 0.15) is 0 Å². The lowest BCUT2D eigenvalue weighted by molar-refractivity contribution is 0.101. The number of ketones is 1. The second kappa shape index (κ2) is 4.78. The smallest absolute Gasteiger partial charge is 0.161 e. The van der Waals surface area contributed by atoms with Gasteiger partial charge in [-0.3, -0.25) is 4.79 Å². The van der Waals surface area contributed by atoms with Crippen molar-refractivity contribution in [3.8, 4) is 0 Å². The normalized spacial score (nSPS) is 11.4. The Kier molecular flexibility index (Phi) is 3.81. The fourth-order valence-corrected chi connectivity index (χ4v) is 1.91. The Morgan fingerprint density at radius 2 is 1.94 bits per heavy atom. The standard InChI is InChI=1S/C14H22N2O/c1-10(17)12-7-6-11(8-13(12)15)16(5)9-14(2,3)4/h6-8H,9,15H2,1-5H3. The van der Waals surface area contributed by atoms with Gasteiger partial charge >= 0.3 is 0 Å². The van der Waals surface area contributed by atoms with Crippen LogP contribution in [-0.2, 0) is 0 Å². The summed E-state index contributed by atoms with van der Waals surface area (Å²) in [5.41, 5.74) is 8.29. The highest BCUT2D eigenvalue weighted by Gasteiger charge is 2.15. The Morgan fingerprint density at radius 1 is 1.35 bits per heavy atom. The monoisotopic (exact) mass is 234 g/mol. The van der Waals surface area contributed by atoms with Crippen molar-refractivity contribution in [3.05, 3.63) is 23.8 Å². The predicted molar refractivity (Wildman–Crippen MR) is 73.6 cm³/mol. The number of hydrogen-bond donors (Lipinski definition) is 1. The van der Waals surface area contributed by atoms with Crippen molar-refractivity contribution < 1.29 is 4.79 Å². The molecule has 0 unspecified atom stereocenters. The van der Waals surface area contributed by atoms with Crippen LogP contribution in [0.25, 0.3) is 0 Å². The van der Waals surface area contributed by atoms with E-state index in [4.69, 9.17) is 5.73 Å². The molecule has 0 saturated carbocycles. The van der Waals surface area contributed by atoms with E-state index in [2.05, 4.69) is 25.7 Å². The molecule has 0 aliphatic carbocycles. The van der Waals surface area contributed by atoms with Crippen molar-refractivity contribution in [1.82, 2.24) is 0 Å². The van der Waals surface area contributed by atoms with E-state index in [-0.39, 0.29) is 11.2 Å². The summed E-state index contributed by atoms with van der Waals surface area (Å²) in [5, 5.41) is 0. The number of Topliss-reactive ketones (excluding diaryl/α,β-unsaturated/α-hetero) is 1. The first-order valence-corrected chi connectivity index (χ1v) is 5.82. The summed E-state index contributed by atoms with van der Waals surface area (Å²) in [4.78, 5) is 13.4. The summed E-state index contributed by atoms with van der Waals surface area (Å²) >= 11 is 0. The third-order valence-corrected chi connectivity index (χ3v) is 2.57. The van der Waals surface area contributed by atoms with Crippen LogP contribution in [-0.4, -0.2) is 19.4 Å². The van der Waals surface area contributed by atoms with Crippen LogP contribution in [0.5, 0.6) is 0 Å². The van der Waals surface area contributed by atoms with Gasteiger partial charge in [-0.2, -0.15) is 0 Å². The van der Waals surface area contributed by atoms with Gasteiger partial charge in [-0.15, -0.1) is 0 Å². The third kappa shape index (κ3) is 3.77. The van der Waals surface area contributed by atoms with Crippen LogP contribution in [0.15, 0.2) is 18.2 Å².